The van der Waals surface area contributed by atoms with E-state index in [9.17, 15) is 12.8 Å². The maximum atomic E-state index is 13.0. The molecule has 0 heterocycles. The summed E-state index contributed by atoms with van der Waals surface area (Å²) >= 11 is 0. The molecular weight excluding hydrogens is 295 g/mol. The fourth-order valence-corrected chi connectivity index (χ4v) is 2.33. The maximum absolute atomic E-state index is 13.0. The van der Waals surface area contributed by atoms with E-state index in [4.69, 9.17) is 20.2 Å². The summed E-state index contributed by atoms with van der Waals surface area (Å²) in [5.74, 6) is -0.665. The molecule has 0 saturated heterocycles. The lowest BCUT2D eigenvalue weighted by molar-refractivity contribution is 0.0970. The number of ether oxygens (including phenoxy) is 2. The molecule has 108 valence electrons. The van der Waals surface area contributed by atoms with Crippen LogP contribution in [0.4, 0.5) is 4.39 Å². The van der Waals surface area contributed by atoms with Gasteiger partial charge in [0.05, 0.1) is 6.61 Å². The lowest BCUT2D eigenvalue weighted by atomic mass is 10.3. The number of hydrogen-bond acceptors (Lipinski definition) is 4. The van der Waals surface area contributed by atoms with E-state index in [0.717, 1.165) is 25.0 Å². The molecule has 0 saturated carbocycles. The molecule has 19 heavy (non-hydrogen) atoms. The highest BCUT2D eigenvalue weighted by atomic mass is 35.7. The van der Waals surface area contributed by atoms with Crippen LogP contribution in [0.2, 0.25) is 0 Å². The van der Waals surface area contributed by atoms with Crippen LogP contribution >= 0.6 is 10.7 Å². The van der Waals surface area contributed by atoms with Crippen molar-refractivity contribution in [3.8, 4) is 5.75 Å². The molecular formula is C12H16ClFO4S. The maximum Gasteiger partial charge on any atom is 0.265 e. The number of benzene rings is 1. The summed E-state index contributed by atoms with van der Waals surface area (Å²) in [6.45, 7) is 3.19. The third kappa shape index (κ3) is 5.76. The van der Waals surface area contributed by atoms with Gasteiger partial charge in [-0.05, 0) is 24.6 Å². The van der Waals surface area contributed by atoms with Gasteiger partial charge in [0.2, 0.25) is 0 Å². The Kier molecular flexibility index (Phi) is 6.54. The van der Waals surface area contributed by atoms with E-state index in [1.54, 1.807) is 0 Å². The van der Waals surface area contributed by atoms with E-state index in [1.807, 2.05) is 0 Å². The Hall–Kier alpha value is -0.850. The monoisotopic (exact) mass is 310 g/mol. The predicted molar refractivity (Wildman–Crippen MR) is 70.7 cm³/mol. The Labute approximate surface area is 116 Å². The highest BCUT2D eigenvalue weighted by Crippen LogP contribution is 2.27. The minimum absolute atomic E-state index is 0.0236. The highest BCUT2D eigenvalue weighted by molar-refractivity contribution is 8.13. The van der Waals surface area contributed by atoms with E-state index >= 15 is 0 Å². The van der Waals surface area contributed by atoms with Gasteiger partial charge in [0, 0.05) is 17.3 Å². The molecule has 4 nitrogen and oxygen atoms in total. The van der Waals surface area contributed by atoms with Crippen LogP contribution in [-0.2, 0) is 13.8 Å². The molecule has 0 unspecified atom stereocenters. The third-order valence-electron chi connectivity index (χ3n) is 2.30. The first-order chi connectivity index (χ1) is 8.95. The van der Waals surface area contributed by atoms with Gasteiger partial charge >= 0.3 is 0 Å². The first-order valence-corrected chi connectivity index (χ1v) is 8.21. The molecule has 0 amide bonds. The lowest BCUT2D eigenvalue weighted by Crippen LogP contribution is -2.09. The molecule has 0 aliphatic rings. The van der Waals surface area contributed by atoms with Gasteiger partial charge in [0.15, 0.2) is 0 Å². The van der Waals surface area contributed by atoms with Crippen molar-refractivity contribution in [3.05, 3.63) is 24.0 Å². The molecule has 0 N–H and O–H groups in total. The SMILES string of the molecule is CCCCOCCOc1ccc(F)cc1S(=O)(=O)Cl. The van der Waals surface area contributed by atoms with Gasteiger partial charge in [-0.3, -0.25) is 0 Å². The second kappa shape index (κ2) is 7.67. The Morgan fingerprint density at radius 3 is 2.63 bits per heavy atom. The highest BCUT2D eigenvalue weighted by Gasteiger charge is 2.17. The topological polar surface area (TPSA) is 52.6 Å². The van der Waals surface area contributed by atoms with E-state index in [1.165, 1.54) is 6.07 Å². The summed E-state index contributed by atoms with van der Waals surface area (Å²) in [6.07, 6.45) is 1.99. The van der Waals surface area contributed by atoms with Crippen molar-refractivity contribution in [1.82, 2.24) is 0 Å². The van der Waals surface area contributed by atoms with E-state index in [0.29, 0.717) is 13.2 Å². The van der Waals surface area contributed by atoms with Gasteiger partial charge in [-0.25, -0.2) is 12.8 Å². The average molecular weight is 311 g/mol. The van der Waals surface area contributed by atoms with Gasteiger partial charge < -0.3 is 9.47 Å². The fraction of sp³-hybridized carbons (Fsp3) is 0.500. The van der Waals surface area contributed by atoms with Crippen LogP contribution in [0.3, 0.4) is 0 Å². The summed E-state index contributed by atoms with van der Waals surface area (Å²) in [5.41, 5.74) is 0. The molecule has 0 spiro atoms. The van der Waals surface area contributed by atoms with E-state index < -0.39 is 14.9 Å². The smallest absolute Gasteiger partial charge is 0.265 e. The number of hydrogen-bond donors (Lipinski definition) is 0. The number of halogens is 2. The number of rotatable bonds is 8. The fourth-order valence-electron chi connectivity index (χ4n) is 1.35. The zero-order valence-electron chi connectivity index (χ0n) is 10.6. The summed E-state index contributed by atoms with van der Waals surface area (Å²) in [4.78, 5) is -0.372. The molecule has 7 heteroatoms. The summed E-state index contributed by atoms with van der Waals surface area (Å²) in [6, 6.07) is 3.17. The van der Waals surface area contributed by atoms with Crippen LogP contribution in [0, 0.1) is 5.82 Å². The summed E-state index contributed by atoms with van der Waals surface area (Å²) in [5, 5.41) is 0. The van der Waals surface area contributed by atoms with Crippen molar-refractivity contribution in [3.63, 3.8) is 0 Å². The first-order valence-electron chi connectivity index (χ1n) is 5.90. The Morgan fingerprint density at radius 2 is 2.00 bits per heavy atom. The van der Waals surface area contributed by atoms with Crippen LogP contribution < -0.4 is 4.74 Å². The molecule has 0 atom stereocenters. The van der Waals surface area contributed by atoms with Gasteiger partial charge in [-0.15, -0.1) is 0 Å². The summed E-state index contributed by atoms with van der Waals surface area (Å²) in [7, 11) is 1.17. The van der Waals surface area contributed by atoms with Crippen LogP contribution in [-0.4, -0.2) is 28.2 Å². The largest absolute Gasteiger partial charge is 0.490 e. The van der Waals surface area contributed by atoms with Crippen molar-refractivity contribution < 1.29 is 22.3 Å². The quantitative estimate of drug-likeness (QED) is 0.547. The van der Waals surface area contributed by atoms with Crippen molar-refractivity contribution in [1.29, 1.82) is 0 Å². The molecule has 0 aliphatic carbocycles. The second-order valence-electron chi connectivity index (χ2n) is 3.84. The van der Waals surface area contributed by atoms with Crippen LogP contribution in [0.15, 0.2) is 23.1 Å². The van der Waals surface area contributed by atoms with Crippen molar-refractivity contribution in [2.24, 2.45) is 0 Å². The Balaban J connectivity index is 2.59. The van der Waals surface area contributed by atoms with Crippen molar-refractivity contribution >= 4 is 19.7 Å². The first kappa shape index (κ1) is 16.2. The van der Waals surface area contributed by atoms with Crippen LogP contribution in [0.5, 0.6) is 5.75 Å². The molecule has 1 aromatic rings. The third-order valence-corrected chi connectivity index (χ3v) is 3.64. The van der Waals surface area contributed by atoms with Gasteiger partial charge in [0.1, 0.15) is 23.1 Å². The summed E-state index contributed by atoms with van der Waals surface area (Å²) < 4.78 is 46.0. The molecule has 0 radical (unpaired) electrons. The Morgan fingerprint density at radius 1 is 1.26 bits per heavy atom. The number of unbranched alkanes of at least 4 members (excludes halogenated alkanes) is 1. The molecule has 1 rings (SSSR count). The standard InChI is InChI=1S/C12H16ClFO4S/c1-2-3-6-17-7-8-18-11-5-4-10(14)9-12(11)19(13,15)16/h4-5,9H,2-3,6-8H2,1H3. The zero-order chi connectivity index (χ0) is 14.3. The molecule has 0 aliphatic heterocycles. The van der Waals surface area contributed by atoms with Crippen molar-refractivity contribution in [2.75, 3.05) is 19.8 Å². The molecule has 0 bridgehead atoms. The lowest BCUT2D eigenvalue weighted by Gasteiger charge is -2.10. The zero-order valence-corrected chi connectivity index (χ0v) is 12.1. The molecule has 1 aromatic carbocycles. The second-order valence-corrected chi connectivity index (χ2v) is 6.38. The van der Waals surface area contributed by atoms with E-state index in [-0.39, 0.29) is 17.3 Å². The predicted octanol–water partition coefficient (Wildman–Crippen LogP) is 2.95. The van der Waals surface area contributed by atoms with Gasteiger partial charge in [-0.1, -0.05) is 13.3 Å². The minimum atomic E-state index is -4.04. The van der Waals surface area contributed by atoms with Gasteiger partial charge in [-0.2, -0.15) is 0 Å². The van der Waals surface area contributed by atoms with E-state index in [2.05, 4.69) is 6.92 Å². The Bertz CT molecular complexity index is 504. The minimum Gasteiger partial charge on any atom is -0.490 e. The van der Waals surface area contributed by atoms with Crippen molar-refractivity contribution in [2.45, 2.75) is 24.7 Å². The molecule has 0 fully saturated rings. The normalized spacial score (nSPS) is 11.5. The molecule has 0 aromatic heterocycles. The van der Waals surface area contributed by atoms with Crippen LogP contribution in [0.1, 0.15) is 19.8 Å². The van der Waals surface area contributed by atoms with Crippen LogP contribution in [0.25, 0.3) is 0 Å². The van der Waals surface area contributed by atoms with Gasteiger partial charge in [0.25, 0.3) is 9.05 Å². The average Bonchev–Trinajstić information content (AvgIpc) is 2.34.